The summed E-state index contributed by atoms with van der Waals surface area (Å²) in [6.45, 7) is 8.30. The standard InChI is InChI=1S/C19H30N2/c1-19(2)11-9-17(10-12-19)20-15-16-7-3-4-8-18(16)21-13-5-6-14-21/h3-4,7-8,17,20H,5-6,9-15H2,1-2H3. The normalized spacial score (nSPS) is 22.7. The second-order valence-corrected chi connectivity index (χ2v) is 7.64. The molecule has 3 rings (SSSR count). The molecule has 2 heteroatoms. The number of anilines is 1. The molecular formula is C19H30N2. The molecule has 1 heterocycles. The maximum Gasteiger partial charge on any atom is 0.0411 e. The fourth-order valence-corrected chi connectivity index (χ4v) is 3.78. The Morgan fingerprint density at radius 1 is 1.10 bits per heavy atom. The van der Waals surface area contributed by atoms with Crippen molar-refractivity contribution in [2.24, 2.45) is 5.41 Å². The molecule has 1 saturated heterocycles. The molecule has 0 spiro atoms. The van der Waals surface area contributed by atoms with E-state index in [1.165, 1.54) is 62.9 Å². The van der Waals surface area contributed by atoms with Crippen molar-refractivity contribution in [3.63, 3.8) is 0 Å². The van der Waals surface area contributed by atoms with Gasteiger partial charge in [0.2, 0.25) is 0 Å². The zero-order valence-corrected chi connectivity index (χ0v) is 13.7. The lowest BCUT2D eigenvalue weighted by molar-refractivity contribution is 0.206. The molecule has 21 heavy (non-hydrogen) atoms. The molecule has 2 aliphatic rings. The van der Waals surface area contributed by atoms with Crippen LogP contribution in [0.5, 0.6) is 0 Å². The fraction of sp³-hybridized carbons (Fsp3) is 0.684. The largest absolute Gasteiger partial charge is 0.371 e. The van der Waals surface area contributed by atoms with Gasteiger partial charge in [-0.1, -0.05) is 32.0 Å². The highest BCUT2D eigenvalue weighted by molar-refractivity contribution is 5.54. The number of para-hydroxylation sites is 1. The molecule has 1 aromatic rings. The molecule has 0 unspecified atom stereocenters. The van der Waals surface area contributed by atoms with Crippen molar-refractivity contribution in [3.05, 3.63) is 29.8 Å². The third-order valence-electron chi connectivity index (χ3n) is 5.36. The topological polar surface area (TPSA) is 15.3 Å². The van der Waals surface area contributed by atoms with Gasteiger partial charge in [-0.05, 0) is 55.6 Å². The van der Waals surface area contributed by atoms with E-state index in [2.05, 4.69) is 48.3 Å². The van der Waals surface area contributed by atoms with E-state index in [1.54, 1.807) is 0 Å². The van der Waals surface area contributed by atoms with Crippen molar-refractivity contribution >= 4 is 5.69 Å². The first-order valence-corrected chi connectivity index (χ1v) is 8.70. The SMILES string of the molecule is CC1(C)CCC(NCc2ccccc2N2CCCC2)CC1. The maximum absolute atomic E-state index is 3.81. The van der Waals surface area contributed by atoms with Crippen LogP contribution < -0.4 is 10.2 Å². The Bertz CT molecular complexity index is 450. The van der Waals surface area contributed by atoms with Gasteiger partial charge in [0.25, 0.3) is 0 Å². The predicted octanol–water partition coefficient (Wildman–Crippen LogP) is 4.35. The third-order valence-corrected chi connectivity index (χ3v) is 5.36. The summed E-state index contributed by atoms with van der Waals surface area (Å²) in [4.78, 5) is 2.56. The van der Waals surface area contributed by atoms with Crippen LogP contribution in [0.25, 0.3) is 0 Å². The number of hydrogen-bond donors (Lipinski definition) is 1. The molecule has 1 N–H and O–H groups in total. The van der Waals surface area contributed by atoms with Crippen LogP contribution in [0.2, 0.25) is 0 Å². The summed E-state index contributed by atoms with van der Waals surface area (Å²) in [6.07, 6.45) is 8.08. The van der Waals surface area contributed by atoms with Gasteiger partial charge in [-0.3, -0.25) is 0 Å². The van der Waals surface area contributed by atoms with Gasteiger partial charge in [0.05, 0.1) is 0 Å². The van der Waals surface area contributed by atoms with Crippen LogP contribution in [-0.2, 0) is 6.54 Å². The number of benzene rings is 1. The first-order valence-electron chi connectivity index (χ1n) is 8.70. The lowest BCUT2D eigenvalue weighted by Gasteiger charge is -2.35. The molecule has 1 aliphatic heterocycles. The summed E-state index contributed by atoms with van der Waals surface area (Å²) >= 11 is 0. The lowest BCUT2D eigenvalue weighted by atomic mass is 9.75. The van der Waals surface area contributed by atoms with Gasteiger partial charge >= 0.3 is 0 Å². The van der Waals surface area contributed by atoms with Crippen molar-refractivity contribution in [1.82, 2.24) is 5.32 Å². The maximum atomic E-state index is 3.81. The minimum Gasteiger partial charge on any atom is -0.371 e. The Kier molecular flexibility index (Phi) is 4.54. The quantitative estimate of drug-likeness (QED) is 0.885. The van der Waals surface area contributed by atoms with Crippen molar-refractivity contribution in [2.45, 2.75) is 65.0 Å². The molecule has 0 bridgehead atoms. The van der Waals surface area contributed by atoms with Crippen LogP contribution in [0, 0.1) is 5.41 Å². The minimum absolute atomic E-state index is 0.561. The average molecular weight is 286 g/mol. The molecule has 1 saturated carbocycles. The molecule has 1 aliphatic carbocycles. The van der Waals surface area contributed by atoms with E-state index in [0.717, 1.165) is 6.54 Å². The van der Waals surface area contributed by atoms with Crippen molar-refractivity contribution in [3.8, 4) is 0 Å². The number of nitrogens with zero attached hydrogens (tertiary/aromatic N) is 1. The summed E-state index contributed by atoms with van der Waals surface area (Å²) in [5, 5.41) is 3.81. The van der Waals surface area contributed by atoms with Gasteiger partial charge in [0, 0.05) is 31.4 Å². The molecule has 2 nitrogen and oxygen atoms in total. The summed E-state index contributed by atoms with van der Waals surface area (Å²) in [6, 6.07) is 9.67. The van der Waals surface area contributed by atoms with Gasteiger partial charge in [-0.25, -0.2) is 0 Å². The van der Waals surface area contributed by atoms with E-state index in [9.17, 15) is 0 Å². The van der Waals surface area contributed by atoms with E-state index >= 15 is 0 Å². The molecule has 2 fully saturated rings. The van der Waals surface area contributed by atoms with E-state index < -0.39 is 0 Å². The smallest absolute Gasteiger partial charge is 0.0411 e. The van der Waals surface area contributed by atoms with Crippen LogP contribution in [0.1, 0.15) is 57.9 Å². The molecule has 0 amide bonds. The summed E-state index contributed by atoms with van der Waals surface area (Å²) in [7, 11) is 0. The zero-order valence-electron chi connectivity index (χ0n) is 13.7. The highest BCUT2D eigenvalue weighted by Gasteiger charge is 2.26. The van der Waals surface area contributed by atoms with E-state index in [-0.39, 0.29) is 0 Å². The molecule has 1 aromatic carbocycles. The monoisotopic (exact) mass is 286 g/mol. The zero-order chi connectivity index (χ0) is 14.7. The third kappa shape index (κ3) is 3.79. The van der Waals surface area contributed by atoms with Crippen LogP contribution >= 0.6 is 0 Å². The van der Waals surface area contributed by atoms with Gasteiger partial charge in [-0.2, -0.15) is 0 Å². The van der Waals surface area contributed by atoms with Gasteiger partial charge < -0.3 is 10.2 Å². The average Bonchev–Trinajstić information content (AvgIpc) is 3.00. The Hall–Kier alpha value is -1.02. The summed E-state index contributed by atoms with van der Waals surface area (Å²) in [5.41, 5.74) is 3.49. The molecule has 0 atom stereocenters. The van der Waals surface area contributed by atoms with E-state index in [0.29, 0.717) is 11.5 Å². The number of hydrogen-bond acceptors (Lipinski definition) is 2. The molecule has 116 valence electrons. The highest BCUT2D eigenvalue weighted by atomic mass is 15.1. The van der Waals surface area contributed by atoms with Gasteiger partial charge in [0.15, 0.2) is 0 Å². The Labute approximate surface area is 129 Å². The fourth-order valence-electron chi connectivity index (χ4n) is 3.78. The van der Waals surface area contributed by atoms with E-state index in [4.69, 9.17) is 0 Å². The Balaban J connectivity index is 1.58. The molecule has 0 aromatic heterocycles. The summed E-state index contributed by atoms with van der Waals surface area (Å²) < 4.78 is 0. The van der Waals surface area contributed by atoms with Crippen LogP contribution in [0.4, 0.5) is 5.69 Å². The Morgan fingerprint density at radius 3 is 2.48 bits per heavy atom. The summed E-state index contributed by atoms with van der Waals surface area (Å²) in [5.74, 6) is 0. The number of rotatable bonds is 4. The molecule has 0 radical (unpaired) electrons. The lowest BCUT2D eigenvalue weighted by Crippen LogP contribution is -2.35. The van der Waals surface area contributed by atoms with Crippen LogP contribution in [-0.4, -0.2) is 19.1 Å². The van der Waals surface area contributed by atoms with Crippen molar-refractivity contribution < 1.29 is 0 Å². The first kappa shape index (κ1) is 14.9. The predicted molar refractivity (Wildman–Crippen MR) is 90.8 cm³/mol. The molecular weight excluding hydrogens is 256 g/mol. The van der Waals surface area contributed by atoms with Gasteiger partial charge in [-0.15, -0.1) is 0 Å². The minimum atomic E-state index is 0.561. The van der Waals surface area contributed by atoms with Crippen molar-refractivity contribution in [2.75, 3.05) is 18.0 Å². The Morgan fingerprint density at radius 2 is 1.76 bits per heavy atom. The van der Waals surface area contributed by atoms with E-state index in [1.807, 2.05) is 0 Å². The van der Waals surface area contributed by atoms with Gasteiger partial charge in [0.1, 0.15) is 0 Å². The van der Waals surface area contributed by atoms with Crippen molar-refractivity contribution in [1.29, 1.82) is 0 Å². The van der Waals surface area contributed by atoms with Crippen LogP contribution in [0.3, 0.4) is 0 Å². The second-order valence-electron chi connectivity index (χ2n) is 7.64. The van der Waals surface area contributed by atoms with Crippen LogP contribution in [0.15, 0.2) is 24.3 Å². The first-order chi connectivity index (χ1) is 10.1. The highest BCUT2D eigenvalue weighted by Crippen LogP contribution is 2.35. The number of nitrogens with one attached hydrogen (secondary N) is 1. The second kappa shape index (κ2) is 6.39.